The standard InChI is InChI=1S/C28H28N2O3S/c1-18-7-5-6-8-24(18)25-14-21(9-10-22(25)15-29)28(27(16-30)34-4)33-17-23-13-20(19(2)31)11-12-26(23)32-3/h5-14,16,28H,17,30H2,1-4H3/b27-16-. The van der Waals surface area contributed by atoms with Crippen molar-refractivity contribution in [2.24, 2.45) is 5.73 Å². The molecular weight excluding hydrogens is 444 g/mol. The molecule has 1 unspecified atom stereocenters. The van der Waals surface area contributed by atoms with E-state index in [-0.39, 0.29) is 12.4 Å². The number of ether oxygens (including phenoxy) is 2. The first-order valence-electron chi connectivity index (χ1n) is 10.8. The molecule has 0 aliphatic rings. The van der Waals surface area contributed by atoms with E-state index in [1.165, 1.54) is 18.7 Å². The average Bonchev–Trinajstić information content (AvgIpc) is 2.86. The lowest BCUT2D eigenvalue weighted by atomic mass is 9.93. The van der Waals surface area contributed by atoms with Crippen LogP contribution < -0.4 is 10.5 Å². The van der Waals surface area contributed by atoms with Gasteiger partial charge >= 0.3 is 0 Å². The van der Waals surface area contributed by atoms with Crippen molar-refractivity contribution in [3.05, 3.63) is 99.6 Å². The number of methoxy groups -OCH3 is 1. The van der Waals surface area contributed by atoms with Crippen LogP contribution >= 0.6 is 11.8 Å². The van der Waals surface area contributed by atoms with Crippen molar-refractivity contribution in [3.8, 4) is 22.9 Å². The zero-order valence-electron chi connectivity index (χ0n) is 19.8. The van der Waals surface area contributed by atoms with Gasteiger partial charge in [-0.2, -0.15) is 5.26 Å². The first-order valence-corrected chi connectivity index (χ1v) is 12.0. The number of rotatable bonds is 9. The molecule has 0 heterocycles. The van der Waals surface area contributed by atoms with Crippen molar-refractivity contribution >= 4 is 17.5 Å². The lowest BCUT2D eigenvalue weighted by Gasteiger charge is -2.22. The van der Waals surface area contributed by atoms with Crippen molar-refractivity contribution in [3.63, 3.8) is 0 Å². The molecule has 0 aliphatic carbocycles. The van der Waals surface area contributed by atoms with Crippen molar-refractivity contribution in [2.75, 3.05) is 13.4 Å². The van der Waals surface area contributed by atoms with Gasteiger partial charge in [-0.05, 0) is 67.1 Å². The summed E-state index contributed by atoms with van der Waals surface area (Å²) in [6.07, 6.45) is 3.03. The Morgan fingerprint density at radius 2 is 1.91 bits per heavy atom. The summed E-state index contributed by atoms with van der Waals surface area (Å²) in [5.41, 5.74) is 11.7. The largest absolute Gasteiger partial charge is 0.496 e. The van der Waals surface area contributed by atoms with Gasteiger partial charge in [0.15, 0.2) is 5.78 Å². The Balaban J connectivity index is 2.04. The van der Waals surface area contributed by atoms with Crippen LogP contribution in [0.5, 0.6) is 5.75 Å². The molecular formula is C28H28N2O3S. The molecule has 6 heteroatoms. The summed E-state index contributed by atoms with van der Waals surface area (Å²) in [7, 11) is 1.59. The molecule has 0 aromatic heterocycles. The molecule has 3 rings (SSSR count). The van der Waals surface area contributed by atoms with Gasteiger partial charge in [0.1, 0.15) is 11.9 Å². The second-order valence-corrected chi connectivity index (χ2v) is 8.66. The molecule has 174 valence electrons. The number of carbonyl (C=O) groups is 1. The van der Waals surface area contributed by atoms with E-state index in [0.29, 0.717) is 16.9 Å². The lowest BCUT2D eigenvalue weighted by Crippen LogP contribution is -2.09. The Morgan fingerprint density at radius 1 is 1.15 bits per heavy atom. The van der Waals surface area contributed by atoms with Gasteiger partial charge in [-0.25, -0.2) is 0 Å². The molecule has 0 radical (unpaired) electrons. The molecule has 34 heavy (non-hydrogen) atoms. The van der Waals surface area contributed by atoms with E-state index in [2.05, 4.69) is 6.07 Å². The third-order valence-corrected chi connectivity index (χ3v) is 6.47. The number of hydrogen-bond donors (Lipinski definition) is 1. The highest BCUT2D eigenvalue weighted by atomic mass is 32.2. The number of nitrogens with two attached hydrogens (primary N) is 1. The predicted molar refractivity (Wildman–Crippen MR) is 138 cm³/mol. The molecule has 5 nitrogen and oxygen atoms in total. The van der Waals surface area contributed by atoms with Crippen LogP contribution in [-0.4, -0.2) is 19.1 Å². The Hall–Kier alpha value is -3.53. The number of thioether (sulfide) groups is 1. The Labute approximate surface area is 205 Å². The highest BCUT2D eigenvalue weighted by Crippen LogP contribution is 2.37. The SMILES string of the molecule is COc1ccc(C(C)=O)cc1COC(/C(=C/N)SC)c1ccc(C#N)c(-c2ccccc2C)c1. The summed E-state index contributed by atoms with van der Waals surface area (Å²) in [5.74, 6) is 0.619. The fourth-order valence-electron chi connectivity index (χ4n) is 3.81. The van der Waals surface area contributed by atoms with Crippen LogP contribution in [0, 0.1) is 18.3 Å². The molecule has 0 bridgehead atoms. The van der Waals surface area contributed by atoms with Crippen molar-refractivity contribution < 1.29 is 14.3 Å². The molecule has 0 saturated heterocycles. The van der Waals surface area contributed by atoms with E-state index in [1.807, 2.05) is 55.6 Å². The summed E-state index contributed by atoms with van der Waals surface area (Å²) in [6, 6.07) is 21.3. The number of ketones is 1. The maximum Gasteiger partial charge on any atom is 0.159 e. The monoisotopic (exact) mass is 472 g/mol. The second-order valence-electron chi connectivity index (χ2n) is 7.78. The van der Waals surface area contributed by atoms with Crippen LogP contribution in [0.3, 0.4) is 0 Å². The molecule has 0 spiro atoms. The molecule has 1 atom stereocenters. The first kappa shape index (κ1) is 25.1. The minimum absolute atomic E-state index is 0.0259. The normalized spacial score (nSPS) is 12.1. The second kappa shape index (κ2) is 11.6. The average molecular weight is 473 g/mol. The van der Waals surface area contributed by atoms with Crippen LogP contribution in [-0.2, 0) is 11.3 Å². The molecule has 0 amide bonds. The minimum Gasteiger partial charge on any atom is -0.496 e. The number of benzene rings is 3. The van der Waals surface area contributed by atoms with Crippen molar-refractivity contribution in [1.29, 1.82) is 5.26 Å². The topological polar surface area (TPSA) is 85.3 Å². The number of nitrogens with zero attached hydrogens (tertiary/aromatic N) is 1. The Morgan fingerprint density at radius 3 is 2.53 bits per heavy atom. The van der Waals surface area contributed by atoms with Gasteiger partial charge in [-0.1, -0.05) is 30.3 Å². The Bertz CT molecular complexity index is 1260. The number of hydrogen-bond acceptors (Lipinski definition) is 6. The number of aryl methyl sites for hydroxylation is 1. The van der Waals surface area contributed by atoms with E-state index < -0.39 is 6.10 Å². The highest BCUT2D eigenvalue weighted by Gasteiger charge is 2.21. The smallest absolute Gasteiger partial charge is 0.159 e. The van der Waals surface area contributed by atoms with Crippen molar-refractivity contribution in [2.45, 2.75) is 26.6 Å². The van der Waals surface area contributed by atoms with Crippen LogP contribution in [0.4, 0.5) is 0 Å². The van der Waals surface area contributed by atoms with E-state index >= 15 is 0 Å². The van der Waals surface area contributed by atoms with Crippen LogP contribution in [0.25, 0.3) is 11.1 Å². The minimum atomic E-state index is -0.457. The van der Waals surface area contributed by atoms with Gasteiger partial charge in [0.2, 0.25) is 0 Å². The lowest BCUT2D eigenvalue weighted by molar-refractivity contribution is 0.0679. The zero-order valence-corrected chi connectivity index (χ0v) is 20.6. The van der Waals surface area contributed by atoms with E-state index in [9.17, 15) is 10.1 Å². The van der Waals surface area contributed by atoms with Gasteiger partial charge in [0.05, 0.1) is 25.3 Å². The molecule has 3 aromatic carbocycles. The fourth-order valence-corrected chi connectivity index (χ4v) is 4.36. The van der Waals surface area contributed by atoms with Gasteiger partial charge < -0.3 is 15.2 Å². The quantitative estimate of drug-likeness (QED) is 0.375. The van der Waals surface area contributed by atoms with Gasteiger partial charge in [0.25, 0.3) is 0 Å². The van der Waals surface area contributed by atoms with Gasteiger partial charge in [-0.3, -0.25) is 4.79 Å². The summed E-state index contributed by atoms with van der Waals surface area (Å²) < 4.78 is 11.9. The van der Waals surface area contributed by atoms with E-state index in [1.54, 1.807) is 31.5 Å². The highest BCUT2D eigenvalue weighted by molar-refractivity contribution is 8.02. The fraction of sp³-hybridized carbons (Fsp3) is 0.214. The molecule has 0 saturated carbocycles. The third kappa shape index (κ3) is 5.51. The molecule has 0 aliphatic heterocycles. The van der Waals surface area contributed by atoms with Gasteiger partial charge in [0, 0.05) is 27.8 Å². The summed E-state index contributed by atoms with van der Waals surface area (Å²) in [5, 5.41) is 9.72. The summed E-state index contributed by atoms with van der Waals surface area (Å²) in [4.78, 5) is 12.7. The molecule has 3 aromatic rings. The summed E-state index contributed by atoms with van der Waals surface area (Å²) >= 11 is 1.50. The van der Waals surface area contributed by atoms with Crippen LogP contribution in [0.2, 0.25) is 0 Å². The first-order chi connectivity index (χ1) is 16.4. The number of nitriles is 1. The third-order valence-electron chi connectivity index (χ3n) is 5.65. The van der Waals surface area contributed by atoms with Crippen LogP contribution in [0.1, 0.15) is 45.6 Å². The van der Waals surface area contributed by atoms with Crippen molar-refractivity contribution in [1.82, 2.24) is 0 Å². The zero-order chi connectivity index (χ0) is 24.7. The maximum atomic E-state index is 11.9. The predicted octanol–water partition coefficient (Wildman–Crippen LogP) is 6.17. The Kier molecular flexibility index (Phi) is 8.53. The van der Waals surface area contributed by atoms with E-state index in [4.69, 9.17) is 15.2 Å². The summed E-state index contributed by atoms with van der Waals surface area (Å²) in [6.45, 7) is 3.77. The van der Waals surface area contributed by atoms with E-state index in [0.717, 1.165) is 32.7 Å². The molecule has 2 N–H and O–H groups in total. The van der Waals surface area contributed by atoms with Crippen LogP contribution in [0.15, 0.2) is 71.8 Å². The molecule has 0 fully saturated rings. The maximum absolute atomic E-state index is 11.9. The number of Topliss-reactive ketones (excluding diaryl/α,β-unsaturated/α-hetero) is 1. The number of carbonyl (C=O) groups excluding carboxylic acids is 1. The van der Waals surface area contributed by atoms with Gasteiger partial charge in [-0.15, -0.1) is 11.8 Å².